The van der Waals surface area contributed by atoms with Crippen molar-refractivity contribution in [2.24, 2.45) is 5.84 Å². The molecule has 0 spiro atoms. The molecule has 2 heterocycles. The molecule has 2 rings (SSSR count). The van der Waals surface area contributed by atoms with Crippen LogP contribution in [0.15, 0.2) is 43.0 Å². The zero-order chi connectivity index (χ0) is 11.2. The maximum atomic E-state index is 5.50. The van der Waals surface area contributed by atoms with E-state index in [2.05, 4.69) is 20.4 Å². The predicted molar refractivity (Wildman–Crippen MR) is 60.0 cm³/mol. The fraction of sp³-hybridized carbons (Fsp3) is 0.182. The Bertz CT molecular complexity index is 417. The lowest BCUT2D eigenvalue weighted by atomic mass is 10.1. The molecular weight excluding hydrogens is 202 g/mol. The van der Waals surface area contributed by atoms with Gasteiger partial charge in [0.1, 0.15) is 5.82 Å². The molecular formula is C11H13N5. The van der Waals surface area contributed by atoms with Gasteiger partial charge in [0.05, 0.1) is 6.04 Å². The summed E-state index contributed by atoms with van der Waals surface area (Å²) in [6, 6.07) is 5.58. The molecule has 0 radical (unpaired) electrons. The first-order valence-corrected chi connectivity index (χ1v) is 5.02. The van der Waals surface area contributed by atoms with Gasteiger partial charge in [-0.25, -0.2) is 15.4 Å². The average molecular weight is 215 g/mol. The van der Waals surface area contributed by atoms with Crippen molar-refractivity contribution < 1.29 is 0 Å². The number of nitrogens with two attached hydrogens (primary N) is 1. The van der Waals surface area contributed by atoms with E-state index in [0.717, 1.165) is 5.56 Å². The number of nitrogens with zero attached hydrogens (tertiary/aromatic N) is 3. The number of rotatable bonds is 4. The fourth-order valence-electron chi connectivity index (χ4n) is 1.47. The number of nitrogens with one attached hydrogen (secondary N) is 1. The molecule has 5 heteroatoms. The Hall–Kier alpha value is -1.85. The second kappa shape index (κ2) is 5.29. The molecule has 0 saturated heterocycles. The molecule has 0 aliphatic carbocycles. The monoisotopic (exact) mass is 215 g/mol. The van der Waals surface area contributed by atoms with Crippen molar-refractivity contribution >= 4 is 0 Å². The first kappa shape index (κ1) is 10.7. The van der Waals surface area contributed by atoms with Crippen molar-refractivity contribution in [1.29, 1.82) is 0 Å². The number of hydrogen-bond donors (Lipinski definition) is 2. The van der Waals surface area contributed by atoms with Crippen LogP contribution in [0.2, 0.25) is 0 Å². The van der Waals surface area contributed by atoms with Crippen molar-refractivity contribution in [1.82, 2.24) is 20.4 Å². The molecule has 1 atom stereocenters. The van der Waals surface area contributed by atoms with Gasteiger partial charge in [0.25, 0.3) is 0 Å². The highest BCUT2D eigenvalue weighted by Gasteiger charge is 2.12. The molecule has 0 amide bonds. The van der Waals surface area contributed by atoms with Gasteiger partial charge in [-0.3, -0.25) is 10.8 Å². The van der Waals surface area contributed by atoms with Gasteiger partial charge in [-0.1, -0.05) is 6.07 Å². The minimum Gasteiger partial charge on any atom is -0.271 e. The molecule has 5 nitrogen and oxygen atoms in total. The van der Waals surface area contributed by atoms with E-state index >= 15 is 0 Å². The van der Waals surface area contributed by atoms with Crippen LogP contribution in [0.3, 0.4) is 0 Å². The highest BCUT2D eigenvalue weighted by molar-refractivity contribution is 5.12. The number of hydrogen-bond acceptors (Lipinski definition) is 5. The predicted octanol–water partition coefficient (Wildman–Crippen LogP) is 0.619. The van der Waals surface area contributed by atoms with Crippen LogP contribution >= 0.6 is 0 Å². The Morgan fingerprint density at radius 2 is 2.00 bits per heavy atom. The smallest absolute Gasteiger partial charge is 0.146 e. The molecule has 3 N–H and O–H groups in total. The molecule has 1 unspecified atom stereocenters. The Kier molecular flexibility index (Phi) is 3.53. The van der Waals surface area contributed by atoms with E-state index < -0.39 is 0 Å². The molecule has 0 aliphatic rings. The molecule has 0 fully saturated rings. The van der Waals surface area contributed by atoms with Gasteiger partial charge in [-0.05, 0) is 24.1 Å². The largest absolute Gasteiger partial charge is 0.271 e. The van der Waals surface area contributed by atoms with Crippen LogP contribution in [-0.2, 0) is 6.42 Å². The molecule has 2 aromatic heterocycles. The Morgan fingerprint density at radius 3 is 2.62 bits per heavy atom. The lowest BCUT2D eigenvalue weighted by molar-refractivity contribution is 0.522. The molecule has 16 heavy (non-hydrogen) atoms. The first-order chi connectivity index (χ1) is 7.90. The third kappa shape index (κ3) is 2.59. The van der Waals surface area contributed by atoms with E-state index in [1.165, 1.54) is 0 Å². The van der Waals surface area contributed by atoms with Gasteiger partial charge in [0, 0.05) is 24.8 Å². The second-order valence-electron chi connectivity index (χ2n) is 3.39. The van der Waals surface area contributed by atoms with Crippen LogP contribution in [0.5, 0.6) is 0 Å². The van der Waals surface area contributed by atoms with Crippen molar-refractivity contribution in [3.05, 3.63) is 54.4 Å². The highest BCUT2D eigenvalue weighted by Crippen LogP contribution is 2.12. The van der Waals surface area contributed by atoms with Crippen molar-refractivity contribution in [2.75, 3.05) is 0 Å². The van der Waals surface area contributed by atoms with Gasteiger partial charge in [-0.15, -0.1) is 0 Å². The topological polar surface area (TPSA) is 76.7 Å². The quantitative estimate of drug-likeness (QED) is 0.577. The minimum atomic E-state index is -0.0922. The molecule has 2 aromatic rings. The van der Waals surface area contributed by atoms with Crippen LogP contribution in [0, 0.1) is 0 Å². The Labute approximate surface area is 93.7 Å². The Morgan fingerprint density at radius 1 is 1.19 bits per heavy atom. The van der Waals surface area contributed by atoms with Gasteiger partial charge in [-0.2, -0.15) is 0 Å². The summed E-state index contributed by atoms with van der Waals surface area (Å²) < 4.78 is 0. The summed E-state index contributed by atoms with van der Waals surface area (Å²) in [5.74, 6) is 6.19. The summed E-state index contributed by atoms with van der Waals surface area (Å²) >= 11 is 0. The zero-order valence-corrected chi connectivity index (χ0v) is 8.74. The normalized spacial score (nSPS) is 12.3. The standard InChI is InChI=1S/C11H13N5/c12-16-10(11-14-5-2-6-15-11)7-9-3-1-4-13-8-9/h1-6,8,10,16H,7,12H2. The Balaban J connectivity index is 2.13. The minimum absolute atomic E-state index is 0.0922. The zero-order valence-electron chi connectivity index (χ0n) is 8.74. The first-order valence-electron chi connectivity index (χ1n) is 5.02. The van der Waals surface area contributed by atoms with Gasteiger partial charge in [0.2, 0.25) is 0 Å². The van der Waals surface area contributed by atoms with Crippen LogP contribution in [0.25, 0.3) is 0 Å². The van der Waals surface area contributed by atoms with Crippen LogP contribution in [0.4, 0.5) is 0 Å². The SMILES string of the molecule is NNC(Cc1cccnc1)c1ncccn1. The van der Waals surface area contributed by atoms with Gasteiger partial charge >= 0.3 is 0 Å². The van der Waals surface area contributed by atoms with E-state index in [4.69, 9.17) is 5.84 Å². The van der Waals surface area contributed by atoms with Crippen molar-refractivity contribution in [3.8, 4) is 0 Å². The second-order valence-corrected chi connectivity index (χ2v) is 3.39. The van der Waals surface area contributed by atoms with E-state index in [0.29, 0.717) is 12.2 Å². The summed E-state index contributed by atoms with van der Waals surface area (Å²) in [5.41, 5.74) is 3.81. The lowest BCUT2D eigenvalue weighted by Gasteiger charge is -2.13. The molecule has 82 valence electrons. The summed E-state index contributed by atoms with van der Waals surface area (Å²) in [5, 5.41) is 0. The summed E-state index contributed by atoms with van der Waals surface area (Å²) in [4.78, 5) is 12.4. The maximum Gasteiger partial charge on any atom is 0.146 e. The van der Waals surface area contributed by atoms with Gasteiger partial charge < -0.3 is 0 Å². The summed E-state index contributed by atoms with van der Waals surface area (Å²) in [6.45, 7) is 0. The number of pyridine rings is 1. The molecule has 0 saturated carbocycles. The van der Waals surface area contributed by atoms with Crippen molar-refractivity contribution in [2.45, 2.75) is 12.5 Å². The molecule has 0 bridgehead atoms. The van der Waals surface area contributed by atoms with Crippen LogP contribution in [0.1, 0.15) is 17.4 Å². The average Bonchev–Trinajstić information content (AvgIpc) is 2.38. The third-order valence-corrected chi connectivity index (χ3v) is 2.26. The number of hydrazine groups is 1. The highest BCUT2D eigenvalue weighted by atomic mass is 15.2. The summed E-state index contributed by atoms with van der Waals surface area (Å²) in [7, 11) is 0. The lowest BCUT2D eigenvalue weighted by Crippen LogP contribution is -2.30. The van der Waals surface area contributed by atoms with Crippen LogP contribution in [-0.4, -0.2) is 15.0 Å². The fourth-order valence-corrected chi connectivity index (χ4v) is 1.47. The maximum absolute atomic E-state index is 5.50. The van der Waals surface area contributed by atoms with E-state index in [1.807, 2.05) is 18.3 Å². The van der Waals surface area contributed by atoms with E-state index in [-0.39, 0.29) is 6.04 Å². The van der Waals surface area contributed by atoms with Gasteiger partial charge in [0.15, 0.2) is 0 Å². The molecule has 0 aromatic carbocycles. The third-order valence-electron chi connectivity index (χ3n) is 2.26. The number of aromatic nitrogens is 3. The molecule has 0 aliphatic heterocycles. The van der Waals surface area contributed by atoms with E-state index in [1.54, 1.807) is 24.7 Å². The van der Waals surface area contributed by atoms with Crippen LogP contribution < -0.4 is 11.3 Å². The van der Waals surface area contributed by atoms with E-state index in [9.17, 15) is 0 Å². The van der Waals surface area contributed by atoms with Crippen molar-refractivity contribution in [3.63, 3.8) is 0 Å². The summed E-state index contributed by atoms with van der Waals surface area (Å²) in [6.07, 6.45) is 7.68.